The lowest BCUT2D eigenvalue weighted by Crippen LogP contribution is -2.28. The third-order valence-electron chi connectivity index (χ3n) is 3.24. The van der Waals surface area contributed by atoms with Gasteiger partial charge in [-0.3, -0.25) is 4.79 Å². The van der Waals surface area contributed by atoms with Gasteiger partial charge < -0.3 is 10.1 Å². The lowest BCUT2D eigenvalue weighted by molar-refractivity contribution is 0.0691. The van der Waals surface area contributed by atoms with Gasteiger partial charge in [-0.1, -0.05) is 30.3 Å². The highest BCUT2D eigenvalue weighted by atomic mass is 16.4. The summed E-state index contributed by atoms with van der Waals surface area (Å²) in [6.45, 7) is 3.66. The summed E-state index contributed by atoms with van der Waals surface area (Å²) in [5, 5.41) is 8.86. The Morgan fingerprint density at radius 3 is 2.32 bits per heavy atom. The molecule has 2 N–H and O–H groups in total. The molecule has 0 unspecified atom stereocenters. The van der Waals surface area contributed by atoms with Crippen LogP contribution in [0, 0.1) is 0 Å². The molecule has 0 aliphatic heterocycles. The van der Waals surface area contributed by atoms with E-state index >= 15 is 0 Å². The zero-order valence-electron chi connectivity index (χ0n) is 10.8. The van der Waals surface area contributed by atoms with Crippen molar-refractivity contribution in [3.63, 3.8) is 0 Å². The number of hydrogen-bond acceptors (Lipinski definition) is 2. The first-order valence-corrected chi connectivity index (χ1v) is 5.95. The molecule has 0 atom stereocenters. The molecule has 0 fully saturated rings. The molecule has 0 saturated heterocycles. The molecule has 0 radical (unpaired) electrons. The summed E-state index contributed by atoms with van der Waals surface area (Å²) in [7, 11) is 0. The van der Waals surface area contributed by atoms with Crippen LogP contribution in [0.25, 0.3) is 0 Å². The van der Waals surface area contributed by atoms with Crippen LogP contribution in [0.2, 0.25) is 0 Å². The summed E-state index contributed by atoms with van der Waals surface area (Å²) in [6, 6.07) is 10.8. The molecule has 0 saturated carbocycles. The van der Waals surface area contributed by atoms with Crippen molar-refractivity contribution < 1.29 is 14.7 Å². The number of carbonyl (C=O) groups is 2. The van der Waals surface area contributed by atoms with Gasteiger partial charge in [0.25, 0.3) is 0 Å². The zero-order valence-corrected chi connectivity index (χ0v) is 10.8. The summed E-state index contributed by atoms with van der Waals surface area (Å²) in [4.78, 5) is 25.9. The van der Waals surface area contributed by atoms with Crippen LogP contribution in [0.15, 0.2) is 42.6 Å². The highest BCUT2D eigenvalue weighted by molar-refractivity contribution is 6.04. The molecule has 1 aromatic heterocycles. The number of carboxylic acid groups (broad SMARTS) is 1. The number of ketones is 1. The number of carboxylic acids is 1. The molecule has 2 rings (SSSR count). The number of aromatic amines is 1. The van der Waals surface area contributed by atoms with E-state index in [-0.39, 0.29) is 11.5 Å². The number of aromatic nitrogens is 1. The van der Waals surface area contributed by atoms with Gasteiger partial charge in [0, 0.05) is 11.8 Å². The van der Waals surface area contributed by atoms with Crippen LogP contribution < -0.4 is 0 Å². The van der Waals surface area contributed by atoms with Gasteiger partial charge in [-0.25, -0.2) is 4.79 Å². The Kier molecular flexibility index (Phi) is 3.25. The third kappa shape index (κ3) is 2.42. The molecule has 4 nitrogen and oxygen atoms in total. The fourth-order valence-corrected chi connectivity index (χ4v) is 2.00. The molecule has 0 aliphatic carbocycles. The first-order chi connectivity index (χ1) is 8.93. The number of Topliss-reactive ketones (excluding diaryl/α,β-unsaturated/α-hetero) is 1. The van der Waals surface area contributed by atoms with Crippen LogP contribution >= 0.6 is 0 Å². The number of nitrogens with one attached hydrogen (secondary N) is 1. The molecule has 0 amide bonds. The van der Waals surface area contributed by atoms with Crippen molar-refractivity contribution in [3.05, 3.63) is 59.4 Å². The number of hydrogen-bond donors (Lipinski definition) is 2. The van der Waals surface area contributed by atoms with Gasteiger partial charge in [-0.05, 0) is 25.5 Å². The van der Waals surface area contributed by atoms with Crippen molar-refractivity contribution in [2.75, 3.05) is 0 Å². The second-order valence-electron chi connectivity index (χ2n) is 4.93. The first kappa shape index (κ1) is 13.1. The second kappa shape index (κ2) is 4.72. The van der Waals surface area contributed by atoms with Crippen LogP contribution in [0.5, 0.6) is 0 Å². The van der Waals surface area contributed by atoms with Crippen LogP contribution in [0.1, 0.15) is 40.3 Å². The summed E-state index contributed by atoms with van der Waals surface area (Å²) in [5.41, 5.74) is 0.607. The fourth-order valence-electron chi connectivity index (χ4n) is 2.00. The lowest BCUT2D eigenvalue weighted by atomic mass is 9.78. The van der Waals surface area contributed by atoms with Gasteiger partial charge in [0.2, 0.25) is 0 Å². The fraction of sp³-hybridized carbons (Fsp3) is 0.200. The topological polar surface area (TPSA) is 70.2 Å². The Morgan fingerprint density at radius 2 is 1.79 bits per heavy atom. The molecule has 1 heterocycles. The van der Waals surface area contributed by atoms with E-state index in [9.17, 15) is 9.59 Å². The second-order valence-corrected chi connectivity index (χ2v) is 4.93. The summed E-state index contributed by atoms with van der Waals surface area (Å²) in [6.07, 6.45) is 1.44. The van der Waals surface area contributed by atoms with E-state index in [0.717, 1.165) is 5.56 Å². The number of carbonyl (C=O) groups excluding carboxylic acids is 1. The molecule has 0 aliphatic rings. The molecule has 0 spiro atoms. The van der Waals surface area contributed by atoms with Gasteiger partial charge in [0.15, 0.2) is 5.78 Å². The molecular weight excluding hydrogens is 242 g/mol. The van der Waals surface area contributed by atoms with Crippen LogP contribution in [-0.2, 0) is 5.41 Å². The van der Waals surface area contributed by atoms with Gasteiger partial charge in [0.05, 0.1) is 5.41 Å². The number of aromatic carboxylic acids is 1. The minimum absolute atomic E-state index is 0.0206. The SMILES string of the molecule is CC(C)(C(=O)c1c[nH]c(C(=O)O)c1)c1ccccc1. The molecule has 2 aromatic rings. The van der Waals surface area contributed by atoms with Crippen LogP contribution in [-0.4, -0.2) is 21.8 Å². The standard InChI is InChI=1S/C15H15NO3/c1-15(2,11-6-4-3-5-7-11)13(17)10-8-12(14(18)19)16-9-10/h3-9,16H,1-2H3,(H,18,19). The predicted octanol–water partition coefficient (Wildman–Crippen LogP) is 2.87. The van der Waals surface area contributed by atoms with E-state index < -0.39 is 11.4 Å². The highest BCUT2D eigenvalue weighted by Crippen LogP contribution is 2.27. The van der Waals surface area contributed by atoms with Crippen molar-refractivity contribution in [2.45, 2.75) is 19.3 Å². The van der Waals surface area contributed by atoms with Crippen molar-refractivity contribution in [1.82, 2.24) is 4.98 Å². The maximum absolute atomic E-state index is 12.5. The largest absolute Gasteiger partial charge is 0.477 e. The van der Waals surface area contributed by atoms with E-state index in [1.807, 2.05) is 44.2 Å². The van der Waals surface area contributed by atoms with Gasteiger partial charge >= 0.3 is 5.97 Å². The quantitative estimate of drug-likeness (QED) is 0.827. The van der Waals surface area contributed by atoms with E-state index in [2.05, 4.69) is 4.98 Å². The van der Waals surface area contributed by atoms with Crippen molar-refractivity contribution in [2.24, 2.45) is 0 Å². The lowest BCUT2D eigenvalue weighted by Gasteiger charge is -2.23. The first-order valence-electron chi connectivity index (χ1n) is 5.95. The average Bonchev–Trinajstić information content (AvgIpc) is 2.88. The van der Waals surface area contributed by atoms with E-state index in [0.29, 0.717) is 5.56 Å². The van der Waals surface area contributed by atoms with E-state index in [1.54, 1.807) is 0 Å². The average molecular weight is 257 g/mol. The molecular formula is C15H15NO3. The Bertz CT molecular complexity index is 611. The predicted molar refractivity (Wildman–Crippen MR) is 71.6 cm³/mol. The minimum Gasteiger partial charge on any atom is -0.477 e. The number of H-pyrrole nitrogens is 1. The Morgan fingerprint density at radius 1 is 1.16 bits per heavy atom. The van der Waals surface area contributed by atoms with Crippen molar-refractivity contribution in [3.8, 4) is 0 Å². The number of benzene rings is 1. The van der Waals surface area contributed by atoms with Crippen molar-refractivity contribution in [1.29, 1.82) is 0 Å². The van der Waals surface area contributed by atoms with Gasteiger partial charge in [-0.2, -0.15) is 0 Å². The Labute approximate surface area is 111 Å². The van der Waals surface area contributed by atoms with Crippen molar-refractivity contribution >= 4 is 11.8 Å². The van der Waals surface area contributed by atoms with E-state index in [4.69, 9.17) is 5.11 Å². The molecule has 98 valence electrons. The molecule has 1 aromatic carbocycles. The monoisotopic (exact) mass is 257 g/mol. The minimum atomic E-state index is -1.07. The smallest absolute Gasteiger partial charge is 0.352 e. The third-order valence-corrected chi connectivity index (χ3v) is 3.24. The van der Waals surface area contributed by atoms with Gasteiger partial charge in [0.1, 0.15) is 5.69 Å². The molecule has 19 heavy (non-hydrogen) atoms. The molecule has 0 bridgehead atoms. The van der Waals surface area contributed by atoms with Crippen LogP contribution in [0.3, 0.4) is 0 Å². The van der Waals surface area contributed by atoms with E-state index in [1.165, 1.54) is 12.3 Å². The summed E-state index contributed by atoms with van der Waals surface area (Å²) < 4.78 is 0. The number of rotatable bonds is 4. The summed E-state index contributed by atoms with van der Waals surface area (Å²) in [5.74, 6) is -1.18. The van der Waals surface area contributed by atoms with Crippen LogP contribution in [0.4, 0.5) is 0 Å². The molecule has 4 heteroatoms. The Balaban J connectivity index is 2.35. The maximum Gasteiger partial charge on any atom is 0.352 e. The zero-order chi connectivity index (χ0) is 14.0. The summed E-state index contributed by atoms with van der Waals surface area (Å²) >= 11 is 0. The highest BCUT2D eigenvalue weighted by Gasteiger charge is 2.31. The van der Waals surface area contributed by atoms with Gasteiger partial charge in [-0.15, -0.1) is 0 Å². The Hall–Kier alpha value is -2.36. The maximum atomic E-state index is 12.5. The normalized spacial score (nSPS) is 11.3.